The molecular formula is C31H28FN3O5S2. The summed E-state index contributed by atoms with van der Waals surface area (Å²) >= 11 is 1.17. The largest absolute Gasteiger partial charge is 0.476 e. The second-order valence-corrected chi connectivity index (χ2v) is 13.2. The Hall–Kier alpha value is -3.82. The molecule has 2 aliphatic rings. The minimum Gasteiger partial charge on any atom is -0.476 e. The number of rotatable bonds is 8. The molecule has 1 atom stereocenters. The number of carboxylic acids is 1. The number of nitrogens with zero attached hydrogens (tertiary/aromatic N) is 2. The van der Waals surface area contributed by atoms with E-state index in [1.54, 1.807) is 0 Å². The number of sulfonamides is 1. The van der Waals surface area contributed by atoms with E-state index >= 15 is 0 Å². The van der Waals surface area contributed by atoms with Gasteiger partial charge in [0.1, 0.15) is 15.7 Å². The molecule has 1 unspecified atom stereocenters. The van der Waals surface area contributed by atoms with Gasteiger partial charge in [-0.25, -0.2) is 27.7 Å². The molecule has 0 radical (unpaired) electrons. The van der Waals surface area contributed by atoms with Crippen molar-refractivity contribution in [2.45, 2.75) is 49.6 Å². The van der Waals surface area contributed by atoms with E-state index in [4.69, 9.17) is 5.14 Å². The van der Waals surface area contributed by atoms with Crippen LogP contribution in [-0.4, -0.2) is 34.2 Å². The Morgan fingerprint density at radius 2 is 1.95 bits per heavy atom. The van der Waals surface area contributed by atoms with E-state index < -0.39 is 32.8 Å². The summed E-state index contributed by atoms with van der Waals surface area (Å²) in [7, 11) is -4.24. The molecule has 0 saturated heterocycles. The van der Waals surface area contributed by atoms with Crippen molar-refractivity contribution in [1.29, 1.82) is 0 Å². The summed E-state index contributed by atoms with van der Waals surface area (Å²) in [6.07, 6.45) is 4.21. The maximum absolute atomic E-state index is 14.9. The number of hydrogen-bond donors (Lipinski definition) is 3. The van der Waals surface area contributed by atoms with Crippen LogP contribution in [0.5, 0.6) is 0 Å². The molecule has 2 saturated carbocycles. The maximum atomic E-state index is 14.9. The van der Waals surface area contributed by atoms with Crippen LogP contribution in [0.2, 0.25) is 0 Å². The van der Waals surface area contributed by atoms with Crippen LogP contribution < -0.4 is 5.14 Å². The quantitative estimate of drug-likeness (QED) is 0.230. The number of primary sulfonamides is 1. The summed E-state index contributed by atoms with van der Waals surface area (Å²) in [6.45, 7) is 0.103. The number of benzene rings is 2. The van der Waals surface area contributed by atoms with Crippen LogP contribution in [0.1, 0.15) is 65.5 Å². The minimum absolute atomic E-state index is 0.0188. The molecule has 4 aromatic rings. The molecule has 216 valence electrons. The second-order valence-electron chi connectivity index (χ2n) is 10.8. The van der Waals surface area contributed by atoms with Gasteiger partial charge in [0, 0.05) is 34.7 Å². The van der Waals surface area contributed by atoms with Gasteiger partial charge in [0.15, 0.2) is 5.69 Å². The average molecular weight is 606 g/mol. The first-order valence-electron chi connectivity index (χ1n) is 13.6. The van der Waals surface area contributed by atoms with Crippen molar-refractivity contribution in [3.05, 3.63) is 82.2 Å². The van der Waals surface area contributed by atoms with E-state index in [-0.39, 0.29) is 18.2 Å². The SMILES string of the molecule is NS(=O)(=O)c1ccc(Cn2c(-c3cccc(C#CC4CCC4)c3)cc(-c3nc(C(=O)O)cs3)c2C(O)C2CC2)cc1F. The normalized spacial score (nSPS) is 16.0. The maximum Gasteiger partial charge on any atom is 0.355 e. The number of aromatic nitrogens is 2. The van der Waals surface area contributed by atoms with Gasteiger partial charge in [-0.15, -0.1) is 11.3 Å². The number of aliphatic hydroxyl groups is 1. The highest BCUT2D eigenvalue weighted by atomic mass is 32.2. The molecule has 2 aromatic carbocycles. The monoisotopic (exact) mass is 605 g/mol. The average Bonchev–Trinajstić information content (AvgIpc) is 3.52. The molecule has 2 heterocycles. The van der Waals surface area contributed by atoms with Gasteiger partial charge in [0.05, 0.1) is 11.8 Å². The molecule has 0 amide bonds. The van der Waals surface area contributed by atoms with E-state index in [0.717, 1.165) is 48.9 Å². The van der Waals surface area contributed by atoms with Crippen LogP contribution in [0, 0.1) is 29.5 Å². The molecule has 2 aromatic heterocycles. The highest BCUT2D eigenvalue weighted by molar-refractivity contribution is 7.89. The van der Waals surface area contributed by atoms with E-state index in [9.17, 15) is 27.8 Å². The smallest absolute Gasteiger partial charge is 0.355 e. The van der Waals surface area contributed by atoms with Crippen molar-refractivity contribution in [3.63, 3.8) is 0 Å². The number of carbonyl (C=O) groups is 1. The van der Waals surface area contributed by atoms with Gasteiger partial charge in [-0.2, -0.15) is 0 Å². The predicted octanol–water partition coefficient (Wildman–Crippen LogP) is 5.41. The molecule has 2 fully saturated rings. The van der Waals surface area contributed by atoms with Crippen LogP contribution in [0.4, 0.5) is 4.39 Å². The van der Waals surface area contributed by atoms with Crippen LogP contribution in [0.15, 0.2) is 58.8 Å². The number of aliphatic hydroxyl groups excluding tert-OH is 1. The van der Waals surface area contributed by atoms with Gasteiger partial charge in [0.2, 0.25) is 10.0 Å². The molecule has 11 heteroatoms. The van der Waals surface area contributed by atoms with Crippen molar-refractivity contribution in [2.75, 3.05) is 0 Å². The van der Waals surface area contributed by atoms with Gasteiger partial charge in [0.25, 0.3) is 0 Å². The van der Waals surface area contributed by atoms with Crippen molar-refractivity contribution >= 4 is 27.3 Å². The summed E-state index contributed by atoms with van der Waals surface area (Å²) in [6, 6.07) is 13.4. The Bertz CT molecular complexity index is 1860. The van der Waals surface area contributed by atoms with Gasteiger partial charge in [-0.3, -0.25) is 0 Å². The number of carboxylic acid groups (broad SMARTS) is 1. The highest BCUT2D eigenvalue weighted by Crippen LogP contribution is 2.47. The number of hydrogen-bond acceptors (Lipinski definition) is 6. The minimum atomic E-state index is -4.24. The highest BCUT2D eigenvalue weighted by Gasteiger charge is 2.36. The van der Waals surface area contributed by atoms with Crippen LogP contribution in [-0.2, 0) is 16.6 Å². The summed E-state index contributed by atoms with van der Waals surface area (Å²) in [5.41, 5.74) is 3.85. The fourth-order valence-corrected chi connectivity index (χ4v) is 6.55. The Morgan fingerprint density at radius 3 is 2.57 bits per heavy atom. The fourth-order valence-electron chi connectivity index (χ4n) is 5.14. The lowest BCUT2D eigenvalue weighted by molar-refractivity contribution is 0.0691. The molecule has 6 rings (SSSR count). The lowest BCUT2D eigenvalue weighted by Gasteiger charge is -2.19. The third-order valence-electron chi connectivity index (χ3n) is 7.77. The molecule has 4 N–H and O–H groups in total. The number of thiazole rings is 1. The van der Waals surface area contributed by atoms with Gasteiger partial charge < -0.3 is 14.8 Å². The van der Waals surface area contributed by atoms with Gasteiger partial charge in [-0.1, -0.05) is 36.5 Å². The van der Waals surface area contributed by atoms with Crippen molar-refractivity contribution < 1.29 is 27.8 Å². The van der Waals surface area contributed by atoms with E-state index in [2.05, 4.69) is 16.8 Å². The molecule has 0 aliphatic heterocycles. The van der Waals surface area contributed by atoms with Crippen molar-refractivity contribution in [3.8, 4) is 33.7 Å². The number of aromatic carboxylic acids is 1. The lowest BCUT2D eigenvalue weighted by Crippen LogP contribution is -2.15. The zero-order valence-corrected chi connectivity index (χ0v) is 24.1. The third-order valence-corrected chi connectivity index (χ3v) is 9.59. The summed E-state index contributed by atoms with van der Waals surface area (Å²) in [5, 5.41) is 28.1. The predicted molar refractivity (Wildman–Crippen MR) is 157 cm³/mol. The van der Waals surface area contributed by atoms with Crippen LogP contribution in [0.25, 0.3) is 21.8 Å². The van der Waals surface area contributed by atoms with Crippen LogP contribution in [0.3, 0.4) is 0 Å². The lowest BCUT2D eigenvalue weighted by atomic mass is 9.86. The first kappa shape index (κ1) is 28.3. The summed E-state index contributed by atoms with van der Waals surface area (Å²) < 4.78 is 40.3. The topological polar surface area (TPSA) is 136 Å². The first-order chi connectivity index (χ1) is 20.1. The Balaban J connectivity index is 1.52. The number of halogens is 1. The molecule has 0 spiro atoms. The third kappa shape index (κ3) is 5.76. The van der Waals surface area contributed by atoms with Crippen molar-refractivity contribution in [1.82, 2.24) is 9.55 Å². The second kappa shape index (κ2) is 11.1. The zero-order chi connectivity index (χ0) is 29.6. The molecule has 42 heavy (non-hydrogen) atoms. The number of nitrogens with two attached hydrogens (primary N) is 1. The van der Waals surface area contributed by atoms with E-state index in [0.29, 0.717) is 33.4 Å². The van der Waals surface area contributed by atoms with Gasteiger partial charge >= 0.3 is 5.97 Å². The van der Waals surface area contributed by atoms with E-state index in [1.807, 2.05) is 34.9 Å². The zero-order valence-electron chi connectivity index (χ0n) is 22.5. The Kier molecular flexibility index (Phi) is 7.49. The van der Waals surface area contributed by atoms with Gasteiger partial charge in [-0.05, 0) is 73.1 Å². The van der Waals surface area contributed by atoms with Crippen molar-refractivity contribution in [2.24, 2.45) is 17.0 Å². The summed E-state index contributed by atoms with van der Waals surface area (Å²) in [4.78, 5) is 15.3. The van der Waals surface area contributed by atoms with E-state index in [1.165, 1.54) is 29.2 Å². The molecular weight excluding hydrogens is 577 g/mol. The molecule has 8 nitrogen and oxygen atoms in total. The first-order valence-corrected chi connectivity index (χ1v) is 16.0. The Morgan fingerprint density at radius 1 is 1.17 bits per heavy atom. The molecule has 0 bridgehead atoms. The standard InChI is InChI=1S/C31H28FN3O5S2/c32-24-14-20(9-12-27(24)42(33,39)40)16-35-26(22-6-2-5-19(13-22)8-7-18-3-1-4-18)15-23(28(35)29(36)21-10-11-21)30-34-25(17-41-30)31(37)38/h2,5-6,9,12-15,17-18,21,29,36H,1,3-4,10-11,16H2,(H,37,38)(H2,33,39,40). The summed E-state index contributed by atoms with van der Waals surface area (Å²) in [5.74, 6) is 4.91. The fraction of sp³-hybridized carbons (Fsp3) is 0.290. The molecule has 2 aliphatic carbocycles. The Labute approximate surface area is 246 Å². The van der Waals surface area contributed by atoms with Crippen LogP contribution >= 0.6 is 11.3 Å².